The number of hydrogen-bond donors (Lipinski definition) is 1. The fraction of sp³-hybridized carbons (Fsp3) is 0.733. The van der Waals surface area contributed by atoms with Crippen LogP contribution < -0.4 is 10.2 Å². The number of anilines is 1. The third-order valence-corrected chi connectivity index (χ3v) is 3.44. The van der Waals surface area contributed by atoms with Crippen molar-refractivity contribution in [3.63, 3.8) is 0 Å². The Kier molecular flexibility index (Phi) is 4.75. The smallest absolute Gasteiger partial charge is 0.151 e. The summed E-state index contributed by atoms with van der Waals surface area (Å²) in [6.45, 7) is 9.49. The van der Waals surface area contributed by atoms with Crippen LogP contribution in [0.5, 0.6) is 0 Å². The zero-order valence-corrected chi connectivity index (χ0v) is 12.4. The van der Waals surface area contributed by atoms with E-state index in [0.29, 0.717) is 0 Å². The lowest BCUT2D eigenvalue weighted by atomic mass is 10.1. The third kappa shape index (κ3) is 4.78. The first-order chi connectivity index (χ1) is 9.04. The molecule has 1 aromatic heterocycles. The van der Waals surface area contributed by atoms with Gasteiger partial charge >= 0.3 is 0 Å². The second-order valence-electron chi connectivity index (χ2n) is 6.39. The first-order valence-electron chi connectivity index (χ1n) is 7.37. The highest BCUT2D eigenvalue weighted by molar-refractivity contribution is 5.37. The van der Waals surface area contributed by atoms with Gasteiger partial charge in [-0.2, -0.15) is 5.10 Å². The number of hydrogen-bond acceptors (Lipinski definition) is 4. The van der Waals surface area contributed by atoms with Gasteiger partial charge in [-0.3, -0.25) is 0 Å². The lowest BCUT2D eigenvalue weighted by Gasteiger charge is -2.22. The van der Waals surface area contributed by atoms with Crippen molar-refractivity contribution in [2.75, 3.05) is 18.0 Å². The first-order valence-corrected chi connectivity index (χ1v) is 7.37. The Bertz CT molecular complexity index is 372. The van der Waals surface area contributed by atoms with E-state index in [1.54, 1.807) is 0 Å². The van der Waals surface area contributed by atoms with Gasteiger partial charge in [0.05, 0.1) is 5.69 Å². The van der Waals surface area contributed by atoms with Gasteiger partial charge in [-0.1, -0.05) is 12.8 Å². The molecular formula is C15H26N4. The minimum Gasteiger partial charge on any atom is -0.355 e. The topological polar surface area (TPSA) is 41.0 Å². The normalized spacial score (nSPS) is 17.3. The average molecular weight is 262 g/mol. The van der Waals surface area contributed by atoms with Gasteiger partial charge in [-0.25, -0.2) is 0 Å². The number of aromatic nitrogens is 2. The molecule has 4 heteroatoms. The minimum absolute atomic E-state index is 0.116. The van der Waals surface area contributed by atoms with Crippen LogP contribution in [-0.2, 0) is 6.54 Å². The van der Waals surface area contributed by atoms with Crippen molar-refractivity contribution in [1.82, 2.24) is 15.5 Å². The molecule has 2 heterocycles. The van der Waals surface area contributed by atoms with Crippen LogP contribution in [0.15, 0.2) is 12.1 Å². The van der Waals surface area contributed by atoms with E-state index >= 15 is 0 Å². The zero-order valence-electron chi connectivity index (χ0n) is 12.4. The van der Waals surface area contributed by atoms with Crippen LogP contribution in [-0.4, -0.2) is 28.8 Å². The second kappa shape index (κ2) is 6.33. The molecule has 0 radical (unpaired) electrons. The Morgan fingerprint density at radius 3 is 2.26 bits per heavy atom. The molecule has 1 aromatic rings. The summed E-state index contributed by atoms with van der Waals surface area (Å²) >= 11 is 0. The van der Waals surface area contributed by atoms with Crippen molar-refractivity contribution >= 4 is 5.82 Å². The molecule has 1 fully saturated rings. The molecule has 1 aliphatic heterocycles. The SMILES string of the molecule is CC(C)(C)NCc1ccc(N2CCCCCC2)nn1. The van der Waals surface area contributed by atoms with Crippen LogP contribution in [0.1, 0.15) is 52.1 Å². The van der Waals surface area contributed by atoms with Crippen molar-refractivity contribution in [2.45, 2.75) is 58.5 Å². The van der Waals surface area contributed by atoms with Crippen molar-refractivity contribution in [3.05, 3.63) is 17.8 Å². The van der Waals surface area contributed by atoms with Crippen molar-refractivity contribution < 1.29 is 0 Å². The van der Waals surface area contributed by atoms with Gasteiger partial charge in [0.1, 0.15) is 0 Å². The Labute approximate surface area is 116 Å². The monoisotopic (exact) mass is 262 g/mol. The summed E-state index contributed by atoms with van der Waals surface area (Å²) in [7, 11) is 0. The van der Waals surface area contributed by atoms with E-state index < -0.39 is 0 Å². The van der Waals surface area contributed by atoms with E-state index in [1.807, 2.05) is 0 Å². The number of nitrogens with zero attached hydrogens (tertiary/aromatic N) is 3. The maximum atomic E-state index is 4.38. The summed E-state index contributed by atoms with van der Waals surface area (Å²) in [6.07, 6.45) is 5.24. The Morgan fingerprint density at radius 2 is 1.74 bits per heavy atom. The molecule has 0 aromatic carbocycles. The lowest BCUT2D eigenvalue weighted by molar-refractivity contribution is 0.420. The molecule has 0 saturated carbocycles. The highest BCUT2D eigenvalue weighted by Crippen LogP contribution is 2.16. The van der Waals surface area contributed by atoms with Crippen LogP contribution in [0.3, 0.4) is 0 Å². The highest BCUT2D eigenvalue weighted by Gasteiger charge is 2.12. The second-order valence-corrected chi connectivity index (χ2v) is 6.39. The Balaban J connectivity index is 1.93. The van der Waals surface area contributed by atoms with Crippen molar-refractivity contribution in [2.24, 2.45) is 0 Å². The van der Waals surface area contributed by atoms with Gasteiger partial charge < -0.3 is 10.2 Å². The zero-order chi connectivity index (χ0) is 13.7. The fourth-order valence-electron chi connectivity index (χ4n) is 2.27. The summed E-state index contributed by atoms with van der Waals surface area (Å²) in [4.78, 5) is 2.36. The van der Waals surface area contributed by atoms with Crippen LogP contribution in [0.2, 0.25) is 0 Å². The highest BCUT2D eigenvalue weighted by atomic mass is 15.3. The Hall–Kier alpha value is -1.16. The van der Waals surface area contributed by atoms with Crippen LogP contribution in [0, 0.1) is 0 Å². The summed E-state index contributed by atoms with van der Waals surface area (Å²) in [5.74, 6) is 1.03. The molecule has 4 nitrogen and oxygen atoms in total. The third-order valence-electron chi connectivity index (χ3n) is 3.44. The quantitative estimate of drug-likeness (QED) is 0.909. The van der Waals surface area contributed by atoms with E-state index in [4.69, 9.17) is 0 Å². The summed E-state index contributed by atoms with van der Waals surface area (Å²) in [6, 6.07) is 4.20. The molecule has 1 saturated heterocycles. The standard InChI is InChI=1S/C15H26N4/c1-15(2,3)16-12-13-8-9-14(18-17-13)19-10-6-4-5-7-11-19/h8-9,16H,4-7,10-12H2,1-3H3. The molecule has 0 amide bonds. The maximum absolute atomic E-state index is 4.38. The summed E-state index contributed by atoms with van der Waals surface area (Å²) in [5.41, 5.74) is 1.12. The molecule has 0 unspecified atom stereocenters. The van der Waals surface area contributed by atoms with E-state index in [-0.39, 0.29) is 5.54 Å². The predicted molar refractivity (Wildman–Crippen MR) is 79.3 cm³/mol. The minimum atomic E-state index is 0.116. The van der Waals surface area contributed by atoms with Gasteiger partial charge in [-0.05, 0) is 45.7 Å². The van der Waals surface area contributed by atoms with E-state index in [2.05, 4.69) is 53.3 Å². The summed E-state index contributed by atoms with van der Waals surface area (Å²) in [5, 5.41) is 12.1. The van der Waals surface area contributed by atoms with Gasteiger partial charge in [-0.15, -0.1) is 5.10 Å². The molecule has 0 atom stereocenters. The first kappa shape index (κ1) is 14.3. The van der Waals surface area contributed by atoms with Gasteiger partial charge in [0.15, 0.2) is 5.82 Å². The van der Waals surface area contributed by atoms with Crippen molar-refractivity contribution in [1.29, 1.82) is 0 Å². The summed E-state index contributed by atoms with van der Waals surface area (Å²) < 4.78 is 0. The molecule has 1 N–H and O–H groups in total. The lowest BCUT2D eigenvalue weighted by Crippen LogP contribution is -2.35. The number of nitrogens with one attached hydrogen (secondary N) is 1. The molecule has 19 heavy (non-hydrogen) atoms. The predicted octanol–water partition coefficient (Wildman–Crippen LogP) is 2.75. The van der Waals surface area contributed by atoms with Crippen LogP contribution >= 0.6 is 0 Å². The molecule has 0 spiro atoms. The molecule has 2 rings (SSSR count). The largest absolute Gasteiger partial charge is 0.355 e. The number of rotatable bonds is 3. The van der Waals surface area contributed by atoms with E-state index in [9.17, 15) is 0 Å². The van der Waals surface area contributed by atoms with Crippen LogP contribution in [0.4, 0.5) is 5.82 Å². The molecule has 0 aliphatic carbocycles. The molecular weight excluding hydrogens is 236 g/mol. The van der Waals surface area contributed by atoms with Gasteiger partial charge in [0.25, 0.3) is 0 Å². The maximum Gasteiger partial charge on any atom is 0.151 e. The average Bonchev–Trinajstić information content (AvgIpc) is 2.65. The van der Waals surface area contributed by atoms with Gasteiger partial charge in [0, 0.05) is 25.2 Å². The van der Waals surface area contributed by atoms with Gasteiger partial charge in [0.2, 0.25) is 0 Å². The van der Waals surface area contributed by atoms with E-state index in [1.165, 1.54) is 25.7 Å². The molecule has 0 bridgehead atoms. The molecule has 106 valence electrons. The molecule has 1 aliphatic rings. The fourth-order valence-corrected chi connectivity index (χ4v) is 2.27. The van der Waals surface area contributed by atoms with Crippen LogP contribution in [0.25, 0.3) is 0 Å². The van der Waals surface area contributed by atoms with E-state index in [0.717, 1.165) is 31.1 Å². The Morgan fingerprint density at radius 1 is 1.05 bits per heavy atom. The van der Waals surface area contributed by atoms with Crippen molar-refractivity contribution in [3.8, 4) is 0 Å².